The molecule has 3 heteroatoms. The zero-order chi connectivity index (χ0) is 14.5. The minimum Gasteiger partial charge on any atom is -0.492 e. The molecule has 108 valence electrons. The van der Waals surface area contributed by atoms with Crippen LogP contribution in [-0.2, 0) is 5.41 Å². The summed E-state index contributed by atoms with van der Waals surface area (Å²) in [6, 6.07) is 4.05. The second-order valence-corrected chi connectivity index (χ2v) is 7.01. The van der Waals surface area contributed by atoms with Gasteiger partial charge in [0, 0.05) is 16.6 Å². The quantitative estimate of drug-likeness (QED) is 0.826. The molecule has 0 amide bonds. The fourth-order valence-electron chi connectivity index (χ4n) is 1.63. The van der Waals surface area contributed by atoms with Crippen LogP contribution in [0.3, 0.4) is 0 Å². The lowest BCUT2D eigenvalue weighted by atomic mass is 9.92. The molecule has 0 aliphatic rings. The van der Waals surface area contributed by atoms with E-state index < -0.39 is 0 Å². The summed E-state index contributed by atoms with van der Waals surface area (Å²) in [6.45, 7) is 14.7. The van der Waals surface area contributed by atoms with Gasteiger partial charge in [0.2, 0.25) is 0 Å². The average molecular weight is 264 g/mol. The van der Waals surface area contributed by atoms with Gasteiger partial charge in [-0.05, 0) is 45.9 Å². The van der Waals surface area contributed by atoms with Crippen LogP contribution in [0, 0.1) is 0 Å². The molecule has 1 aromatic heterocycles. The molecular formula is C16H28N2O. The lowest BCUT2D eigenvalue weighted by molar-refractivity contribution is 0.297. The molecule has 19 heavy (non-hydrogen) atoms. The van der Waals surface area contributed by atoms with E-state index in [9.17, 15) is 0 Å². The van der Waals surface area contributed by atoms with Crippen LogP contribution < -0.4 is 10.1 Å². The van der Waals surface area contributed by atoms with Crippen molar-refractivity contribution in [2.45, 2.75) is 58.9 Å². The summed E-state index contributed by atoms with van der Waals surface area (Å²) in [5.74, 6) is 0.851. The van der Waals surface area contributed by atoms with Crippen molar-refractivity contribution < 1.29 is 4.74 Å². The van der Waals surface area contributed by atoms with Crippen LogP contribution in [0.25, 0.3) is 0 Å². The van der Waals surface area contributed by atoms with Crippen molar-refractivity contribution in [1.82, 2.24) is 10.3 Å². The van der Waals surface area contributed by atoms with Crippen molar-refractivity contribution >= 4 is 0 Å². The van der Waals surface area contributed by atoms with Gasteiger partial charge in [-0.1, -0.05) is 20.8 Å². The number of nitrogens with one attached hydrogen (secondary N) is 1. The van der Waals surface area contributed by atoms with Gasteiger partial charge in [-0.3, -0.25) is 4.98 Å². The summed E-state index contributed by atoms with van der Waals surface area (Å²) < 4.78 is 5.69. The summed E-state index contributed by atoms with van der Waals surface area (Å²) >= 11 is 0. The summed E-state index contributed by atoms with van der Waals surface area (Å²) in [6.07, 6.45) is 2.82. The third-order valence-corrected chi connectivity index (χ3v) is 2.75. The van der Waals surface area contributed by atoms with Gasteiger partial charge in [-0.2, -0.15) is 0 Å². The number of ether oxygens (including phenoxy) is 1. The lowest BCUT2D eigenvalue weighted by Gasteiger charge is -2.20. The number of rotatable bonds is 5. The lowest BCUT2D eigenvalue weighted by Crippen LogP contribution is -2.36. The van der Waals surface area contributed by atoms with Gasteiger partial charge in [0.15, 0.2) is 0 Å². The Labute approximate surface area is 117 Å². The first-order chi connectivity index (χ1) is 8.68. The largest absolute Gasteiger partial charge is 0.492 e. The van der Waals surface area contributed by atoms with Gasteiger partial charge in [0.25, 0.3) is 0 Å². The van der Waals surface area contributed by atoms with Gasteiger partial charge in [0.1, 0.15) is 5.75 Å². The molecule has 1 heterocycles. The molecule has 0 aliphatic heterocycles. The van der Waals surface area contributed by atoms with Crippen LogP contribution in [0.5, 0.6) is 5.75 Å². The second-order valence-electron chi connectivity index (χ2n) is 7.01. The molecule has 0 radical (unpaired) electrons. The van der Waals surface area contributed by atoms with Gasteiger partial charge in [-0.15, -0.1) is 0 Å². The van der Waals surface area contributed by atoms with Gasteiger partial charge >= 0.3 is 0 Å². The molecule has 0 aromatic carbocycles. The highest BCUT2D eigenvalue weighted by Crippen LogP contribution is 2.21. The van der Waals surface area contributed by atoms with E-state index in [4.69, 9.17) is 4.74 Å². The van der Waals surface area contributed by atoms with E-state index in [1.807, 2.05) is 18.3 Å². The fourth-order valence-corrected chi connectivity index (χ4v) is 1.63. The van der Waals surface area contributed by atoms with Crippen molar-refractivity contribution in [2.24, 2.45) is 0 Å². The van der Waals surface area contributed by atoms with E-state index in [2.05, 4.69) is 51.8 Å². The Kier molecular flexibility index (Phi) is 5.36. The number of aromatic nitrogens is 1. The van der Waals surface area contributed by atoms with Crippen molar-refractivity contribution in [1.29, 1.82) is 0 Å². The van der Waals surface area contributed by atoms with E-state index in [0.717, 1.165) is 31.0 Å². The molecule has 0 spiro atoms. The monoisotopic (exact) mass is 264 g/mol. The van der Waals surface area contributed by atoms with Crippen molar-refractivity contribution in [3.63, 3.8) is 0 Å². The Morgan fingerprint density at radius 3 is 2.26 bits per heavy atom. The molecule has 3 nitrogen and oxygen atoms in total. The Hall–Kier alpha value is -1.09. The van der Waals surface area contributed by atoms with E-state index in [1.54, 1.807) is 0 Å². The van der Waals surface area contributed by atoms with E-state index in [0.29, 0.717) is 0 Å². The van der Waals surface area contributed by atoms with Crippen molar-refractivity contribution in [2.75, 3.05) is 13.2 Å². The molecule has 0 atom stereocenters. The van der Waals surface area contributed by atoms with Crippen molar-refractivity contribution in [3.8, 4) is 5.75 Å². The molecule has 0 fully saturated rings. The molecule has 0 aliphatic carbocycles. The molecule has 1 N–H and O–H groups in total. The smallest absolute Gasteiger partial charge is 0.137 e. The first kappa shape index (κ1) is 16.0. The van der Waals surface area contributed by atoms with E-state index >= 15 is 0 Å². The van der Waals surface area contributed by atoms with E-state index in [1.165, 1.54) is 0 Å². The van der Waals surface area contributed by atoms with Crippen LogP contribution in [-0.4, -0.2) is 23.7 Å². The maximum atomic E-state index is 5.69. The normalized spacial score (nSPS) is 12.5. The summed E-state index contributed by atoms with van der Waals surface area (Å²) in [4.78, 5) is 4.45. The Morgan fingerprint density at radius 1 is 1.11 bits per heavy atom. The standard InChI is InChI=1S/C16H28N2O/c1-15(2,3)14-9-8-13(12-17-14)19-11-7-10-18-16(4,5)6/h8-9,12,18H,7,10-11H2,1-6H3. The number of nitrogens with zero attached hydrogens (tertiary/aromatic N) is 1. The van der Waals surface area contributed by atoms with Crippen LogP contribution in [0.4, 0.5) is 0 Å². The molecule has 0 saturated heterocycles. The zero-order valence-corrected chi connectivity index (χ0v) is 13.2. The highest BCUT2D eigenvalue weighted by Gasteiger charge is 2.14. The number of hydrogen-bond donors (Lipinski definition) is 1. The summed E-state index contributed by atoms with van der Waals surface area (Å²) in [5.41, 5.74) is 1.36. The zero-order valence-electron chi connectivity index (χ0n) is 13.2. The molecule has 1 rings (SSSR count). The van der Waals surface area contributed by atoms with Crippen molar-refractivity contribution in [3.05, 3.63) is 24.0 Å². The van der Waals surface area contributed by atoms with Gasteiger partial charge in [0.05, 0.1) is 12.8 Å². The Morgan fingerprint density at radius 2 is 1.79 bits per heavy atom. The minimum absolute atomic E-state index is 0.0924. The summed E-state index contributed by atoms with van der Waals surface area (Å²) in [7, 11) is 0. The SMILES string of the molecule is CC(C)(C)NCCCOc1ccc(C(C)(C)C)nc1. The maximum Gasteiger partial charge on any atom is 0.137 e. The first-order valence-electron chi connectivity index (χ1n) is 7.03. The third kappa shape index (κ3) is 6.58. The predicted molar refractivity (Wildman–Crippen MR) is 80.8 cm³/mol. The van der Waals surface area contributed by atoms with Crippen LogP contribution in [0.1, 0.15) is 53.7 Å². The molecular weight excluding hydrogens is 236 g/mol. The number of pyridine rings is 1. The highest BCUT2D eigenvalue weighted by atomic mass is 16.5. The highest BCUT2D eigenvalue weighted by molar-refractivity contribution is 5.23. The molecule has 0 saturated carbocycles. The number of hydrogen-bond acceptors (Lipinski definition) is 3. The van der Waals surface area contributed by atoms with Gasteiger partial charge < -0.3 is 10.1 Å². The Bertz CT molecular complexity index is 371. The average Bonchev–Trinajstić information content (AvgIpc) is 2.26. The van der Waals surface area contributed by atoms with Crippen LogP contribution in [0.15, 0.2) is 18.3 Å². The minimum atomic E-state index is 0.0924. The predicted octanol–water partition coefficient (Wildman–Crippen LogP) is 3.54. The molecule has 0 unspecified atom stereocenters. The Balaban J connectivity index is 2.31. The third-order valence-electron chi connectivity index (χ3n) is 2.75. The fraction of sp³-hybridized carbons (Fsp3) is 0.688. The van der Waals surface area contributed by atoms with Gasteiger partial charge in [-0.25, -0.2) is 0 Å². The molecule has 0 bridgehead atoms. The maximum absolute atomic E-state index is 5.69. The topological polar surface area (TPSA) is 34.1 Å². The van der Waals surface area contributed by atoms with E-state index in [-0.39, 0.29) is 11.0 Å². The first-order valence-corrected chi connectivity index (χ1v) is 7.03. The molecule has 1 aromatic rings. The summed E-state index contributed by atoms with van der Waals surface area (Å²) in [5, 5.41) is 3.44. The van der Waals surface area contributed by atoms with Crippen LogP contribution in [0.2, 0.25) is 0 Å². The second kappa shape index (κ2) is 6.38. The van der Waals surface area contributed by atoms with Crippen LogP contribution >= 0.6 is 0 Å².